The Morgan fingerprint density at radius 3 is 2.17 bits per heavy atom. The molecule has 0 radical (unpaired) electrons. The average molecular weight is 319 g/mol. The molecule has 128 valence electrons. The molecule has 0 heterocycles. The van der Waals surface area contributed by atoms with E-state index in [1.54, 1.807) is 0 Å². The highest BCUT2D eigenvalue weighted by Crippen LogP contribution is 2.32. The van der Waals surface area contributed by atoms with Crippen molar-refractivity contribution in [2.75, 3.05) is 6.54 Å². The lowest BCUT2D eigenvalue weighted by atomic mass is 9.78. The van der Waals surface area contributed by atoms with Crippen molar-refractivity contribution in [2.45, 2.75) is 64.0 Å². The lowest BCUT2D eigenvalue weighted by Gasteiger charge is -2.35. The maximum Gasteiger partial charge on any atom is 0.306 e. The Hall–Kier alpha value is -1.39. The molecule has 1 aliphatic carbocycles. The van der Waals surface area contributed by atoms with Gasteiger partial charge in [-0.15, -0.1) is 0 Å². The first-order valence-electron chi connectivity index (χ1n) is 8.59. The third-order valence-corrected chi connectivity index (χ3v) is 5.11. The normalized spacial score (nSPS) is 26.2. The molecule has 1 saturated carbocycles. The molecule has 0 bridgehead atoms. The van der Waals surface area contributed by atoms with Crippen molar-refractivity contribution >= 4 is 5.97 Å². The number of benzene rings is 1. The largest absolute Gasteiger partial charge is 0.481 e. The minimum Gasteiger partial charge on any atom is -0.481 e. The van der Waals surface area contributed by atoms with Crippen LogP contribution in [0.2, 0.25) is 0 Å². The fourth-order valence-corrected chi connectivity index (χ4v) is 3.21. The smallest absolute Gasteiger partial charge is 0.306 e. The SMILES string of the molecule is CC(C)c1ccc([C@H](C)NCC2(O)CCC(C(=O)O)CC2)cc1. The summed E-state index contributed by atoms with van der Waals surface area (Å²) in [6.07, 6.45) is 2.22. The molecule has 0 aliphatic heterocycles. The molecule has 4 nitrogen and oxygen atoms in total. The zero-order valence-corrected chi connectivity index (χ0v) is 14.4. The molecule has 0 saturated heterocycles. The number of aliphatic carboxylic acids is 1. The van der Waals surface area contributed by atoms with E-state index in [9.17, 15) is 9.90 Å². The van der Waals surface area contributed by atoms with Crippen LogP contribution in [0, 0.1) is 5.92 Å². The summed E-state index contributed by atoms with van der Waals surface area (Å²) in [6.45, 7) is 6.96. The minimum atomic E-state index is -0.780. The number of hydrogen-bond acceptors (Lipinski definition) is 3. The molecular weight excluding hydrogens is 290 g/mol. The van der Waals surface area contributed by atoms with Gasteiger partial charge in [0, 0.05) is 12.6 Å². The summed E-state index contributed by atoms with van der Waals surface area (Å²) in [5.74, 6) is -0.507. The molecular formula is C19H29NO3. The molecule has 2 rings (SSSR count). The van der Waals surface area contributed by atoms with E-state index in [-0.39, 0.29) is 12.0 Å². The zero-order chi connectivity index (χ0) is 17.0. The first kappa shape index (κ1) is 18.0. The van der Waals surface area contributed by atoms with Crippen LogP contribution in [-0.2, 0) is 4.79 Å². The molecule has 0 spiro atoms. The highest BCUT2D eigenvalue weighted by atomic mass is 16.4. The topological polar surface area (TPSA) is 69.6 Å². The standard InChI is InChI=1S/C19H29NO3/c1-13(2)15-4-6-16(7-5-15)14(3)20-12-19(23)10-8-17(9-11-19)18(21)22/h4-7,13-14,17,20,23H,8-12H2,1-3H3,(H,21,22)/t14-,17?,19?/m0/s1. The van der Waals surface area contributed by atoms with Crippen LogP contribution in [0.25, 0.3) is 0 Å². The second-order valence-electron chi connectivity index (χ2n) is 7.26. The predicted octanol–water partition coefficient (Wildman–Crippen LogP) is 3.47. The average Bonchev–Trinajstić information content (AvgIpc) is 2.53. The minimum absolute atomic E-state index is 0.164. The number of aliphatic hydroxyl groups is 1. The van der Waals surface area contributed by atoms with Gasteiger partial charge in [-0.05, 0) is 49.7 Å². The fourth-order valence-electron chi connectivity index (χ4n) is 3.21. The van der Waals surface area contributed by atoms with Gasteiger partial charge in [0.05, 0.1) is 11.5 Å². The van der Waals surface area contributed by atoms with Crippen LogP contribution in [0.15, 0.2) is 24.3 Å². The molecule has 1 aromatic carbocycles. The Bertz CT molecular complexity index is 516. The monoisotopic (exact) mass is 319 g/mol. The van der Waals surface area contributed by atoms with Crippen molar-refractivity contribution in [2.24, 2.45) is 5.92 Å². The van der Waals surface area contributed by atoms with Crippen LogP contribution in [0.4, 0.5) is 0 Å². The quantitative estimate of drug-likeness (QED) is 0.751. The summed E-state index contributed by atoms with van der Waals surface area (Å²) in [5.41, 5.74) is 1.75. The lowest BCUT2D eigenvalue weighted by Crippen LogP contribution is -2.45. The van der Waals surface area contributed by atoms with Gasteiger partial charge in [0.1, 0.15) is 0 Å². The van der Waals surface area contributed by atoms with E-state index in [4.69, 9.17) is 5.11 Å². The molecule has 1 aromatic rings. The van der Waals surface area contributed by atoms with Crippen LogP contribution in [0.5, 0.6) is 0 Å². The van der Waals surface area contributed by atoms with Crippen LogP contribution < -0.4 is 5.32 Å². The van der Waals surface area contributed by atoms with Gasteiger partial charge in [0.2, 0.25) is 0 Å². The first-order valence-corrected chi connectivity index (χ1v) is 8.59. The summed E-state index contributed by atoms with van der Waals surface area (Å²) >= 11 is 0. The van der Waals surface area contributed by atoms with Gasteiger partial charge in [0.25, 0.3) is 0 Å². The van der Waals surface area contributed by atoms with Gasteiger partial charge in [-0.3, -0.25) is 4.79 Å². The molecule has 0 aromatic heterocycles. The third kappa shape index (κ3) is 4.79. The Morgan fingerprint density at radius 2 is 1.70 bits per heavy atom. The third-order valence-electron chi connectivity index (χ3n) is 5.11. The van der Waals surface area contributed by atoms with Crippen LogP contribution >= 0.6 is 0 Å². The molecule has 3 N–H and O–H groups in total. The number of hydrogen-bond donors (Lipinski definition) is 3. The second-order valence-corrected chi connectivity index (χ2v) is 7.26. The highest BCUT2D eigenvalue weighted by Gasteiger charge is 2.35. The van der Waals surface area contributed by atoms with Gasteiger partial charge < -0.3 is 15.5 Å². The molecule has 4 heteroatoms. The molecule has 1 fully saturated rings. The molecule has 1 atom stereocenters. The fraction of sp³-hybridized carbons (Fsp3) is 0.632. The van der Waals surface area contributed by atoms with Crippen molar-refractivity contribution in [1.29, 1.82) is 0 Å². The Morgan fingerprint density at radius 1 is 1.17 bits per heavy atom. The van der Waals surface area contributed by atoms with Gasteiger partial charge in [-0.2, -0.15) is 0 Å². The van der Waals surface area contributed by atoms with Crippen molar-refractivity contribution in [3.63, 3.8) is 0 Å². The summed E-state index contributed by atoms with van der Waals surface area (Å²) in [6, 6.07) is 8.75. The van der Waals surface area contributed by atoms with Gasteiger partial charge in [-0.25, -0.2) is 0 Å². The predicted molar refractivity (Wildman–Crippen MR) is 91.5 cm³/mol. The first-order chi connectivity index (χ1) is 10.8. The van der Waals surface area contributed by atoms with E-state index in [2.05, 4.69) is 50.4 Å². The number of nitrogens with one attached hydrogen (secondary N) is 1. The van der Waals surface area contributed by atoms with E-state index >= 15 is 0 Å². The Kier molecular flexibility index (Phi) is 5.82. The summed E-state index contributed by atoms with van der Waals surface area (Å²) in [4.78, 5) is 11.0. The lowest BCUT2D eigenvalue weighted by molar-refractivity contribution is -0.144. The molecule has 1 aliphatic rings. The summed E-state index contributed by atoms with van der Waals surface area (Å²) in [7, 11) is 0. The van der Waals surface area contributed by atoms with Crippen LogP contribution in [-0.4, -0.2) is 28.3 Å². The molecule has 23 heavy (non-hydrogen) atoms. The van der Waals surface area contributed by atoms with Crippen molar-refractivity contribution in [3.8, 4) is 0 Å². The number of carbonyl (C=O) groups is 1. The maximum absolute atomic E-state index is 11.0. The van der Waals surface area contributed by atoms with E-state index in [0.717, 1.165) is 0 Å². The number of carboxylic acid groups (broad SMARTS) is 1. The second kappa shape index (κ2) is 7.45. The Labute approximate surface area is 138 Å². The van der Waals surface area contributed by atoms with Crippen LogP contribution in [0.3, 0.4) is 0 Å². The van der Waals surface area contributed by atoms with Gasteiger partial charge >= 0.3 is 5.97 Å². The molecule has 0 amide bonds. The molecule has 0 unspecified atom stereocenters. The van der Waals surface area contributed by atoms with E-state index in [1.807, 2.05) is 0 Å². The van der Waals surface area contributed by atoms with E-state index < -0.39 is 11.6 Å². The number of rotatable bonds is 6. The van der Waals surface area contributed by atoms with Gasteiger partial charge in [0.15, 0.2) is 0 Å². The van der Waals surface area contributed by atoms with E-state index in [1.165, 1.54) is 11.1 Å². The summed E-state index contributed by atoms with van der Waals surface area (Å²) < 4.78 is 0. The van der Waals surface area contributed by atoms with Crippen molar-refractivity contribution in [1.82, 2.24) is 5.32 Å². The van der Waals surface area contributed by atoms with Crippen LogP contribution in [0.1, 0.15) is 69.5 Å². The van der Waals surface area contributed by atoms with Crippen molar-refractivity contribution < 1.29 is 15.0 Å². The highest BCUT2D eigenvalue weighted by molar-refractivity contribution is 5.70. The number of carboxylic acids is 1. The van der Waals surface area contributed by atoms with Crippen molar-refractivity contribution in [3.05, 3.63) is 35.4 Å². The maximum atomic E-state index is 11.0. The van der Waals surface area contributed by atoms with Gasteiger partial charge in [-0.1, -0.05) is 38.1 Å². The zero-order valence-electron chi connectivity index (χ0n) is 14.4. The Balaban J connectivity index is 1.86. The van der Waals surface area contributed by atoms with E-state index in [0.29, 0.717) is 38.1 Å². The summed E-state index contributed by atoms with van der Waals surface area (Å²) in [5, 5.41) is 23.1.